The number of hydrogen-bond donors (Lipinski definition) is 0. The molecule has 3 rings (SSSR count). The van der Waals surface area contributed by atoms with Crippen molar-refractivity contribution in [1.82, 2.24) is 0 Å². The zero-order valence-corrected chi connectivity index (χ0v) is 16.4. The molecule has 1 saturated carbocycles. The summed E-state index contributed by atoms with van der Waals surface area (Å²) < 4.78 is 32.9. The highest BCUT2D eigenvalue weighted by molar-refractivity contribution is 5.75. The Kier molecular flexibility index (Phi) is 7.18. The number of halogens is 2. The van der Waals surface area contributed by atoms with Gasteiger partial charge in [-0.25, -0.2) is 8.78 Å². The molecule has 0 unspecified atom stereocenters. The highest BCUT2D eigenvalue weighted by Crippen LogP contribution is 2.33. The van der Waals surface area contributed by atoms with E-state index < -0.39 is 5.82 Å². The predicted molar refractivity (Wildman–Crippen MR) is 107 cm³/mol. The molecule has 2 aromatic rings. The van der Waals surface area contributed by atoms with Crippen molar-refractivity contribution < 1.29 is 18.3 Å². The first-order valence-electron chi connectivity index (χ1n) is 10.3. The van der Waals surface area contributed by atoms with Crippen LogP contribution in [0.3, 0.4) is 0 Å². The Morgan fingerprint density at radius 1 is 1.00 bits per heavy atom. The minimum Gasteiger partial charge on any atom is -0.426 e. The maximum absolute atomic E-state index is 14.4. The molecule has 0 bridgehead atoms. The molecule has 0 N–H and O–H groups in total. The molecule has 1 aliphatic carbocycles. The van der Waals surface area contributed by atoms with Crippen LogP contribution in [0.25, 0.3) is 11.1 Å². The standard InChI is InChI=1S/C24H28F2O2/c1-2-3-4-5-17-6-8-19(9-7-17)24(27)28-21-14-15-22(23(26)16-21)18-10-12-20(25)13-11-18/h10-17,19H,2-9H2,1H3. The van der Waals surface area contributed by atoms with E-state index in [1.54, 1.807) is 12.1 Å². The van der Waals surface area contributed by atoms with Gasteiger partial charge in [-0.15, -0.1) is 0 Å². The Balaban J connectivity index is 1.55. The fourth-order valence-corrected chi connectivity index (χ4v) is 3.99. The fourth-order valence-electron chi connectivity index (χ4n) is 3.99. The van der Waals surface area contributed by atoms with Crippen LogP contribution in [0.15, 0.2) is 42.5 Å². The van der Waals surface area contributed by atoms with Crippen molar-refractivity contribution in [2.45, 2.75) is 58.3 Å². The molecule has 0 aromatic heterocycles. The summed E-state index contributed by atoms with van der Waals surface area (Å²) in [6.07, 6.45) is 8.89. The maximum Gasteiger partial charge on any atom is 0.314 e. The SMILES string of the molecule is CCCCCC1CCC(C(=O)Oc2ccc(-c3ccc(F)cc3)c(F)c2)CC1. The average molecular weight is 386 g/mol. The van der Waals surface area contributed by atoms with Gasteiger partial charge in [0.2, 0.25) is 0 Å². The number of ether oxygens (including phenoxy) is 1. The molecule has 4 heteroatoms. The molecule has 0 spiro atoms. The zero-order valence-electron chi connectivity index (χ0n) is 16.4. The quantitative estimate of drug-likeness (QED) is 0.293. The molecule has 0 atom stereocenters. The first kappa shape index (κ1) is 20.5. The van der Waals surface area contributed by atoms with Gasteiger partial charge in [0.05, 0.1) is 5.92 Å². The van der Waals surface area contributed by atoms with E-state index in [-0.39, 0.29) is 23.5 Å². The Morgan fingerprint density at radius 2 is 1.71 bits per heavy atom. The van der Waals surface area contributed by atoms with Crippen LogP contribution in [0.4, 0.5) is 8.78 Å². The van der Waals surface area contributed by atoms with Gasteiger partial charge in [0.25, 0.3) is 0 Å². The number of rotatable bonds is 7. The summed E-state index contributed by atoms with van der Waals surface area (Å²) in [7, 11) is 0. The van der Waals surface area contributed by atoms with Crippen molar-refractivity contribution in [2.24, 2.45) is 11.8 Å². The molecule has 0 radical (unpaired) electrons. The van der Waals surface area contributed by atoms with E-state index in [2.05, 4.69) is 6.92 Å². The van der Waals surface area contributed by atoms with Crippen molar-refractivity contribution in [2.75, 3.05) is 0 Å². The summed E-state index contributed by atoms with van der Waals surface area (Å²) in [5.41, 5.74) is 0.936. The molecule has 150 valence electrons. The molecule has 28 heavy (non-hydrogen) atoms. The van der Waals surface area contributed by atoms with Gasteiger partial charge in [-0.2, -0.15) is 0 Å². The third-order valence-corrected chi connectivity index (χ3v) is 5.71. The molecule has 0 amide bonds. The third kappa shape index (κ3) is 5.40. The molecule has 0 saturated heterocycles. The summed E-state index contributed by atoms with van der Waals surface area (Å²) >= 11 is 0. The summed E-state index contributed by atoms with van der Waals surface area (Å²) in [6.45, 7) is 2.21. The molecule has 0 aliphatic heterocycles. The van der Waals surface area contributed by atoms with E-state index in [0.29, 0.717) is 11.1 Å². The predicted octanol–water partition coefficient (Wildman–Crippen LogP) is 6.92. The lowest BCUT2D eigenvalue weighted by atomic mass is 9.80. The Hall–Kier alpha value is -2.23. The van der Waals surface area contributed by atoms with Gasteiger partial charge in [0, 0.05) is 11.6 Å². The van der Waals surface area contributed by atoms with Gasteiger partial charge in [0.1, 0.15) is 17.4 Å². The van der Waals surface area contributed by atoms with Gasteiger partial charge in [-0.1, -0.05) is 44.7 Å². The van der Waals surface area contributed by atoms with Crippen LogP contribution < -0.4 is 4.74 Å². The van der Waals surface area contributed by atoms with Crippen molar-refractivity contribution in [3.05, 3.63) is 54.1 Å². The number of benzene rings is 2. The summed E-state index contributed by atoms with van der Waals surface area (Å²) in [4.78, 5) is 12.5. The largest absolute Gasteiger partial charge is 0.426 e. The third-order valence-electron chi connectivity index (χ3n) is 5.71. The van der Waals surface area contributed by atoms with E-state index in [0.717, 1.165) is 31.6 Å². The van der Waals surface area contributed by atoms with Crippen molar-refractivity contribution in [1.29, 1.82) is 0 Å². The van der Waals surface area contributed by atoms with Crippen molar-refractivity contribution in [3.63, 3.8) is 0 Å². The molecule has 1 fully saturated rings. The normalized spacial score (nSPS) is 19.4. The Labute approximate surface area is 165 Å². The molecule has 0 heterocycles. The molecule has 2 nitrogen and oxygen atoms in total. The number of carbonyl (C=O) groups excluding carboxylic acids is 1. The van der Waals surface area contributed by atoms with Crippen LogP contribution in [0.5, 0.6) is 5.75 Å². The molecule has 2 aromatic carbocycles. The maximum atomic E-state index is 14.4. The molecular weight excluding hydrogens is 358 g/mol. The molecule has 1 aliphatic rings. The lowest BCUT2D eigenvalue weighted by molar-refractivity contribution is -0.140. The van der Waals surface area contributed by atoms with E-state index >= 15 is 0 Å². The Bertz CT molecular complexity index is 778. The lowest BCUT2D eigenvalue weighted by Gasteiger charge is -2.27. The number of hydrogen-bond acceptors (Lipinski definition) is 2. The lowest BCUT2D eigenvalue weighted by Crippen LogP contribution is -2.25. The number of carbonyl (C=O) groups is 1. The van der Waals surface area contributed by atoms with Gasteiger partial charge < -0.3 is 4.74 Å². The smallest absolute Gasteiger partial charge is 0.314 e. The highest BCUT2D eigenvalue weighted by atomic mass is 19.1. The van der Waals surface area contributed by atoms with E-state index in [1.807, 2.05) is 0 Å². The van der Waals surface area contributed by atoms with Crippen LogP contribution in [0, 0.1) is 23.5 Å². The summed E-state index contributed by atoms with van der Waals surface area (Å²) in [6, 6.07) is 10.0. The first-order chi connectivity index (χ1) is 13.6. The second kappa shape index (κ2) is 9.81. The van der Waals surface area contributed by atoms with Gasteiger partial charge in [-0.3, -0.25) is 4.79 Å². The van der Waals surface area contributed by atoms with Crippen LogP contribution in [0.1, 0.15) is 58.3 Å². The topological polar surface area (TPSA) is 26.3 Å². The minimum atomic E-state index is -0.489. The van der Waals surface area contributed by atoms with Crippen LogP contribution in [0.2, 0.25) is 0 Å². The van der Waals surface area contributed by atoms with Gasteiger partial charge in [0.15, 0.2) is 0 Å². The number of esters is 1. The zero-order chi connectivity index (χ0) is 19.9. The number of unbranched alkanes of at least 4 members (excludes halogenated alkanes) is 2. The van der Waals surface area contributed by atoms with Crippen LogP contribution in [-0.4, -0.2) is 5.97 Å². The Morgan fingerprint density at radius 3 is 2.36 bits per heavy atom. The minimum absolute atomic E-state index is 0.0951. The average Bonchev–Trinajstić information content (AvgIpc) is 2.70. The monoisotopic (exact) mass is 386 g/mol. The van der Waals surface area contributed by atoms with Gasteiger partial charge in [-0.05, 0) is 61.4 Å². The highest BCUT2D eigenvalue weighted by Gasteiger charge is 2.27. The van der Waals surface area contributed by atoms with Crippen LogP contribution in [-0.2, 0) is 4.79 Å². The molecular formula is C24H28F2O2. The van der Waals surface area contributed by atoms with E-state index in [4.69, 9.17) is 4.74 Å². The van der Waals surface area contributed by atoms with Gasteiger partial charge >= 0.3 is 5.97 Å². The first-order valence-corrected chi connectivity index (χ1v) is 10.3. The van der Waals surface area contributed by atoms with Crippen molar-refractivity contribution >= 4 is 5.97 Å². The van der Waals surface area contributed by atoms with Crippen molar-refractivity contribution in [3.8, 4) is 16.9 Å². The fraction of sp³-hybridized carbons (Fsp3) is 0.458. The summed E-state index contributed by atoms with van der Waals surface area (Å²) in [5, 5.41) is 0. The van der Waals surface area contributed by atoms with E-state index in [1.165, 1.54) is 56.0 Å². The second-order valence-electron chi connectivity index (χ2n) is 7.78. The van der Waals surface area contributed by atoms with E-state index in [9.17, 15) is 13.6 Å². The summed E-state index contributed by atoms with van der Waals surface area (Å²) in [5.74, 6) is -0.268. The second-order valence-corrected chi connectivity index (χ2v) is 7.78. The van der Waals surface area contributed by atoms with Crippen LogP contribution >= 0.6 is 0 Å².